The number of aromatic amines is 1. The monoisotopic (exact) mass is 396 g/mol. The van der Waals surface area contributed by atoms with Gasteiger partial charge in [0.25, 0.3) is 5.56 Å². The van der Waals surface area contributed by atoms with Crippen LogP contribution in [0, 0.1) is 0 Å². The zero-order valence-electron chi connectivity index (χ0n) is 16.4. The summed E-state index contributed by atoms with van der Waals surface area (Å²) in [5.74, 6) is 2.26. The molecule has 0 atom stereocenters. The molecular formula is C20H24N6O3. The number of methoxy groups -OCH3 is 2. The molecule has 152 valence electrons. The number of rotatable bonds is 5. The molecule has 1 saturated heterocycles. The molecule has 0 saturated carbocycles. The third-order valence-corrected chi connectivity index (χ3v) is 5.04. The highest BCUT2D eigenvalue weighted by atomic mass is 16.5. The van der Waals surface area contributed by atoms with E-state index in [4.69, 9.17) is 15.2 Å². The molecule has 0 unspecified atom stereocenters. The van der Waals surface area contributed by atoms with Crippen LogP contribution < -0.4 is 31.0 Å². The van der Waals surface area contributed by atoms with Gasteiger partial charge in [-0.2, -0.15) is 4.98 Å². The minimum absolute atomic E-state index is 0.205. The second-order valence-corrected chi connectivity index (χ2v) is 6.99. The molecule has 0 radical (unpaired) electrons. The number of benzene rings is 1. The minimum Gasteiger partial charge on any atom is -0.497 e. The summed E-state index contributed by atoms with van der Waals surface area (Å²) in [5, 5.41) is 3.64. The van der Waals surface area contributed by atoms with Gasteiger partial charge < -0.3 is 30.4 Å². The lowest BCUT2D eigenvalue weighted by atomic mass is 10.1. The number of pyridine rings is 1. The number of piperidine rings is 1. The van der Waals surface area contributed by atoms with Gasteiger partial charge in [0, 0.05) is 49.2 Å². The molecule has 4 N–H and O–H groups in total. The predicted molar refractivity (Wildman–Crippen MR) is 112 cm³/mol. The van der Waals surface area contributed by atoms with Crippen LogP contribution in [0.15, 0.2) is 35.3 Å². The van der Waals surface area contributed by atoms with E-state index in [2.05, 4.69) is 25.2 Å². The summed E-state index contributed by atoms with van der Waals surface area (Å²) in [6.07, 6.45) is 3.35. The Kier molecular flexibility index (Phi) is 5.22. The summed E-state index contributed by atoms with van der Waals surface area (Å²) in [6, 6.07) is 7.38. The van der Waals surface area contributed by atoms with E-state index in [0.29, 0.717) is 39.9 Å². The molecule has 3 aromatic rings. The van der Waals surface area contributed by atoms with Crippen LogP contribution in [0.25, 0.3) is 10.9 Å². The molecular weight excluding hydrogens is 372 g/mol. The van der Waals surface area contributed by atoms with Crippen LogP contribution in [0.5, 0.6) is 11.5 Å². The summed E-state index contributed by atoms with van der Waals surface area (Å²) in [4.78, 5) is 26.6. The van der Waals surface area contributed by atoms with Crippen molar-refractivity contribution in [1.82, 2.24) is 15.0 Å². The van der Waals surface area contributed by atoms with Gasteiger partial charge in [-0.3, -0.25) is 4.79 Å². The molecule has 29 heavy (non-hydrogen) atoms. The Morgan fingerprint density at radius 1 is 1.14 bits per heavy atom. The average Bonchev–Trinajstić information content (AvgIpc) is 2.73. The standard InChI is InChI=1S/C20H24N6O3/c1-28-14-9-13(10-15(11-14)29-2)23-18-17-16(3-6-22-19(17)27)24-20(25-18)26-7-4-12(21)5-8-26/h3,6,9-12H,4-5,7-8,21H2,1-2H3,(H,22,27)(H,23,24,25). The molecule has 0 bridgehead atoms. The number of nitrogens with two attached hydrogens (primary N) is 1. The van der Waals surface area contributed by atoms with E-state index in [9.17, 15) is 4.79 Å². The van der Waals surface area contributed by atoms with Gasteiger partial charge in [0.05, 0.1) is 19.7 Å². The first-order valence-corrected chi connectivity index (χ1v) is 9.47. The summed E-state index contributed by atoms with van der Waals surface area (Å²) in [5.41, 5.74) is 7.03. The van der Waals surface area contributed by atoms with Crippen LogP contribution in [-0.4, -0.2) is 48.3 Å². The minimum atomic E-state index is -0.257. The van der Waals surface area contributed by atoms with E-state index in [1.165, 1.54) is 0 Å². The van der Waals surface area contributed by atoms with E-state index in [-0.39, 0.29) is 11.6 Å². The van der Waals surface area contributed by atoms with Crippen LogP contribution in [0.4, 0.5) is 17.5 Å². The molecule has 9 heteroatoms. The highest BCUT2D eigenvalue weighted by molar-refractivity contribution is 5.91. The number of fused-ring (bicyclic) bond motifs is 1. The lowest BCUT2D eigenvalue weighted by Gasteiger charge is -2.30. The first-order chi connectivity index (χ1) is 14.1. The number of hydrogen-bond donors (Lipinski definition) is 3. The molecule has 0 amide bonds. The molecule has 2 aromatic heterocycles. The van der Waals surface area contributed by atoms with Crippen LogP contribution in [0.3, 0.4) is 0 Å². The number of H-pyrrole nitrogens is 1. The Hall–Kier alpha value is -3.33. The van der Waals surface area contributed by atoms with E-state index < -0.39 is 0 Å². The number of aromatic nitrogens is 3. The molecule has 9 nitrogen and oxygen atoms in total. The van der Waals surface area contributed by atoms with Crippen molar-refractivity contribution in [2.45, 2.75) is 18.9 Å². The fraction of sp³-hybridized carbons (Fsp3) is 0.350. The molecule has 4 rings (SSSR count). The van der Waals surface area contributed by atoms with Crippen molar-refractivity contribution in [3.63, 3.8) is 0 Å². The van der Waals surface area contributed by atoms with E-state index in [0.717, 1.165) is 25.9 Å². The number of hydrogen-bond acceptors (Lipinski definition) is 8. The molecule has 1 fully saturated rings. The van der Waals surface area contributed by atoms with Crippen molar-refractivity contribution in [2.75, 3.05) is 37.5 Å². The van der Waals surface area contributed by atoms with Crippen molar-refractivity contribution < 1.29 is 9.47 Å². The largest absolute Gasteiger partial charge is 0.497 e. The summed E-state index contributed by atoms with van der Waals surface area (Å²) in [6.45, 7) is 1.56. The lowest BCUT2D eigenvalue weighted by Crippen LogP contribution is -2.40. The second kappa shape index (κ2) is 7.96. The van der Waals surface area contributed by atoms with E-state index in [1.54, 1.807) is 32.5 Å². The maximum Gasteiger partial charge on any atom is 0.261 e. The predicted octanol–water partition coefficient (Wildman–Crippen LogP) is 2.01. The second-order valence-electron chi connectivity index (χ2n) is 6.99. The van der Waals surface area contributed by atoms with Gasteiger partial charge in [-0.25, -0.2) is 4.98 Å². The quantitative estimate of drug-likeness (QED) is 0.599. The molecule has 1 aromatic carbocycles. The first-order valence-electron chi connectivity index (χ1n) is 9.47. The lowest BCUT2D eigenvalue weighted by molar-refractivity contribution is 0.395. The van der Waals surface area contributed by atoms with Crippen LogP contribution in [0.2, 0.25) is 0 Å². The van der Waals surface area contributed by atoms with Crippen molar-refractivity contribution in [2.24, 2.45) is 5.73 Å². The Labute approximate surface area is 167 Å². The number of nitrogens with zero attached hydrogens (tertiary/aromatic N) is 3. The third kappa shape index (κ3) is 3.95. The topological polar surface area (TPSA) is 118 Å². The zero-order valence-corrected chi connectivity index (χ0v) is 16.4. The van der Waals surface area contributed by atoms with Crippen molar-refractivity contribution in [3.8, 4) is 11.5 Å². The van der Waals surface area contributed by atoms with E-state index in [1.807, 2.05) is 12.1 Å². The van der Waals surface area contributed by atoms with Crippen LogP contribution in [0.1, 0.15) is 12.8 Å². The molecule has 3 heterocycles. The fourth-order valence-electron chi connectivity index (χ4n) is 3.43. The van der Waals surface area contributed by atoms with Gasteiger partial charge in [0.15, 0.2) is 0 Å². The number of nitrogens with one attached hydrogen (secondary N) is 2. The molecule has 1 aliphatic rings. The molecule has 0 aliphatic carbocycles. The first kappa shape index (κ1) is 19.0. The maximum atomic E-state index is 12.5. The highest BCUT2D eigenvalue weighted by Gasteiger charge is 2.21. The van der Waals surface area contributed by atoms with Crippen molar-refractivity contribution in [1.29, 1.82) is 0 Å². The molecule has 0 spiro atoms. The van der Waals surface area contributed by atoms with Crippen LogP contribution in [-0.2, 0) is 0 Å². The van der Waals surface area contributed by atoms with Crippen molar-refractivity contribution in [3.05, 3.63) is 40.8 Å². The van der Waals surface area contributed by atoms with E-state index >= 15 is 0 Å². The normalized spacial score (nSPS) is 14.8. The van der Waals surface area contributed by atoms with Gasteiger partial charge >= 0.3 is 0 Å². The Morgan fingerprint density at radius 2 is 1.83 bits per heavy atom. The van der Waals surface area contributed by atoms with Gasteiger partial charge in [-0.05, 0) is 18.9 Å². The summed E-state index contributed by atoms with van der Waals surface area (Å²) in [7, 11) is 3.17. The maximum absolute atomic E-state index is 12.5. The molecule has 1 aliphatic heterocycles. The average molecular weight is 396 g/mol. The van der Waals surface area contributed by atoms with Crippen molar-refractivity contribution >= 4 is 28.4 Å². The Morgan fingerprint density at radius 3 is 2.48 bits per heavy atom. The summed E-state index contributed by atoms with van der Waals surface area (Å²) >= 11 is 0. The van der Waals surface area contributed by atoms with Gasteiger partial charge in [0.1, 0.15) is 22.7 Å². The number of anilines is 3. The van der Waals surface area contributed by atoms with Crippen LogP contribution >= 0.6 is 0 Å². The highest BCUT2D eigenvalue weighted by Crippen LogP contribution is 2.30. The Balaban J connectivity index is 1.79. The van der Waals surface area contributed by atoms with Gasteiger partial charge in [-0.15, -0.1) is 0 Å². The summed E-state index contributed by atoms with van der Waals surface area (Å²) < 4.78 is 10.7. The SMILES string of the molecule is COc1cc(Nc2nc(N3CCC(N)CC3)nc3cc[nH]c(=O)c23)cc(OC)c1. The fourth-order valence-corrected chi connectivity index (χ4v) is 3.43. The smallest absolute Gasteiger partial charge is 0.261 e. The van der Waals surface area contributed by atoms with Gasteiger partial charge in [0.2, 0.25) is 5.95 Å². The van der Waals surface area contributed by atoms with Gasteiger partial charge in [-0.1, -0.05) is 0 Å². The Bertz CT molecular complexity index is 1050. The zero-order chi connectivity index (χ0) is 20.4. The third-order valence-electron chi connectivity index (χ3n) is 5.04. The number of ether oxygens (including phenoxy) is 2.